The molecule has 0 saturated heterocycles. The van der Waals surface area contributed by atoms with Gasteiger partial charge in [0.15, 0.2) is 5.65 Å². The Bertz CT molecular complexity index is 568. The maximum atomic E-state index is 6.07. The van der Waals surface area contributed by atoms with E-state index in [2.05, 4.69) is 30.4 Å². The van der Waals surface area contributed by atoms with Crippen molar-refractivity contribution in [3.8, 4) is 0 Å². The summed E-state index contributed by atoms with van der Waals surface area (Å²) in [5.74, 6) is 2.16. The Morgan fingerprint density at radius 2 is 2.05 bits per heavy atom. The summed E-state index contributed by atoms with van der Waals surface area (Å²) in [6.45, 7) is 7.66. The van der Waals surface area contributed by atoms with Crippen molar-refractivity contribution in [2.75, 3.05) is 0 Å². The molecule has 0 unspecified atom stereocenters. The molecule has 0 saturated carbocycles. The number of nitrogens with zero attached hydrogens (tertiary/aromatic N) is 4. The number of aryl methyl sites for hydroxylation is 3. The fraction of sp³-hybridized carbons (Fsp3) is 0.733. The van der Waals surface area contributed by atoms with Crippen LogP contribution in [0.5, 0.6) is 0 Å². The van der Waals surface area contributed by atoms with E-state index in [1.54, 1.807) is 0 Å². The van der Waals surface area contributed by atoms with Crippen LogP contribution >= 0.6 is 11.6 Å². The van der Waals surface area contributed by atoms with E-state index in [4.69, 9.17) is 16.6 Å². The van der Waals surface area contributed by atoms with Crippen LogP contribution in [-0.2, 0) is 25.9 Å². The van der Waals surface area contributed by atoms with E-state index in [0.717, 1.165) is 54.4 Å². The molecule has 0 aromatic carbocycles. The molecule has 0 bridgehead atoms. The third-order valence-corrected chi connectivity index (χ3v) is 3.88. The molecule has 0 fully saturated rings. The first-order chi connectivity index (χ1) is 9.58. The third kappa shape index (κ3) is 3.00. The number of alkyl halides is 1. The van der Waals surface area contributed by atoms with Gasteiger partial charge in [0.1, 0.15) is 11.3 Å². The standard InChI is InChI=1S/C15H25ClN4/c1-5-7-12-14-15(19(4)18-12)20(13(10-16)17-14)9-6-8-11(2)3/h11H,5-10H2,1-4H3. The predicted molar refractivity (Wildman–Crippen MR) is 84.1 cm³/mol. The highest BCUT2D eigenvalue weighted by atomic mass is 35.5. The summed E-state index contributed by atoms with van der Waals surface area (Å²) in [6, 6.07) is 0. The lowest BCUT2D eigenvalue weighted by Gasteiger charge is -2.09. The molecule has 0 spiro atoms. The van der Waals surface area contributed by atoms with Crippen LogP contribution in [0.2, 0.25) is 0 Å². The van der Waals surface area contributed by atoms with Crippen LogP contribution in [-0.4, -0.2) is 19.3 Å². The molecule has 2 rings (SSSR count). The van der Waals surface area contributed by atoms with Gasteiger partial charge in [-0.2, -0.15) is 5.10 Å². The molecule has 2 aromatic rings. The number of halogens is 1. The van der Waals surface area contributed by atoms with Crippen LogP contribution in [0.4, 0.5) is 0 Å². The topological polar surface area (TPSA) is 35.6 Å². The lowest BCUT2D eigenvalue weighted by Crippen LogP contribution is -2.07. The molecule has 0 atom stereocenters. The molecule has 0 aliphatic carbocycles. The van der Waals surface area contributed by atoms with E-state index in [-0.39, 0.29) is 0 Å². The number of imidazole rings is 1. The minimum Gasteiger partial charge on any atom is -0.312 e. The van der Waals surface area contributed by atoms with Crippen molar-refractivity contribution in [1.29, 1.82) is 0 Å². The predicted octanol–water partition coefficient (Wildman–Crippen LogP) is 3.90. The summed E-state index contributed by atoms with van der Waals surface area (Å²) in [4.78, 5) is 4.72. The summed E-state index contributed by atoms with van der Waals surface area (Å²) in [7, 11) is 2.00. The van der Waals surface area contributed by atoms with Crippen LogP contribution in [0.25, 0.3) is 11.2 Å². The monoisotopic (exact) mass is 296 g/mol. The molecule has 112 valence electrons. The average molecular weight is 297 g/mol. The lowest BCUT2D eigenvalue weighted by molar-refractivity contribution is 0.507. The quantitative estimate of drug-likeness (QED) is 0.727. The van der Waals surface area contributed by atoms with Crippen molar-refractivity contribution in [2.24, 2.45) is 13.0 Å². The largest absolute Gasteiger partial charge is 0.312 e. The van der Waals surface area contributed by atoms with E-state index in [9.17, 15) is 0 Å². The van der Waals surface area contributed by atoms with Gasteiger partial charge in [0.25, 0.3) is 0 Å². The second kappa shape index (κ2) is 6.61. The molecule has 0 amide bonds. The molecular weight excluding hydrogens is 272 g/mol. The Balaban J connectivity index is 2.35. The van der Waals surface area contributed by atoms with Crippen molar-refractivity contribution >= 4 is 22.8 Å². The fourth-order valence-electron chi connectivity index (χ4n) is 2.69. The van der Waals surface area contributed by atoms with E-state index in [1.165, 1.54) is 6.42 Å². The van der Waals surface area contributed by atoms with E-state index in [1.807, 2.05) is 11.7 Å². The molecule has 0 N–H and O–H groups in total. The van der Waals surface area contributed by atoms with Crippen LogP contribution in [0.15, 0.2) is 0 Å². The van der Waals surface area contributed by atoms with Crippen molar-refractivity contribution in [3.05, 3.63) is 11.5 Å². The SMILES string of the molecule is CCCc1nn(C)c2c1nc(CCl)n2CCCC(C)C. The maximum absolute atomic E-state index is 6.07. The van der Waals surface area contributed by atoms with Crippen LogP contribution < -0.4 is 0 Å². The molecule has 4 nitrogen and oxygen atoms in total. The Morgan fingerprint density at radius 1 is 1.30 bits per heavy atom. The lowest BCUT2D eigenvalue weighted by atomic mass is 10.1. The number of hydrogen-bond acceptors (Lipinski definition) is 2. The van der Waals surface area contributed by atoms with Gasteiger partial charge in [-0.1, -0.05) is 27.2 Å². The second-order valence-electron chi connectivity index (χ2n) is 5.84. The van der Waals surface area contributed by atoms with Crippen LogP contribution in [0.1, 0.15) is 51.6 Å². The normalized spacial score (nSPS) is 11.9. The molecule has 2 heterocycles. The Hall–Kier alpha value is -1.03. The molecule has 0 aliphatic heterocycles. The van der Waals surface area contributed by atoms with E-state index < -0.39 is 0 Å². The van der Waals surface area contributed by atoms with Crippen molar-refractivity contribution < 1.29 is 0 Å². The maximum Gasteiger partial charge on any atom is 0.158 e. The molecular formula is C15H25ClN4. The zero-order valence-electron chi connectivity index (χ0n) is 13.0. The van der Waals surface area contributed by atoms with Gasteiger partial charge in [0.05, 0.1) is 11.6 Å². The summed E-state index contributed by atoms with van der Waals surface area (Å²) >= 11 is 6.07. The van der Waals surface area contributed by atoms with E-state index >= 15 is 0 Å². The van der Waals surface area contributed by atoms with Gasteiger partial charge in [0.2, 0.25) is 0 Å². The Labute approximate surface area is 126 Å². The molecule has 20 heavy (non-hydrogen) atoms. The van der Waals surface area contributed by atoms with Gasteiger partial charge >= 0.3 is 0 Å². The third-order valence-electron chi connectivity index (χ3n) is 3.64. The van der Waals surface area contributed by atoms with Crippen molar-refractivity contribution in [2.45, 2.75) is 58.9 Å². The van der Waals surface area contributed by atoms with Gasteiger partial charge in [0, 0.05) is 13.6 Å². The highest BCUT2D eigenvalue weighted by Crippen LogP contribution is 2.22. The first-order valence-corrected chi connectivity index (χ1v) is 8.08. The molecule has 5 heteroatoms. The summed E-state index contributed by atoms with van der Waals surface area (Å²) in [5, 5.41) is 4.61. The van der Waals surface area contributed by atoms with Gasteiger partial charge in [-0.05, 0) is 25.2 Å². The molecule has 2 aromatic heterocycles. The number of aromatic nitrogens is 4. The molecule has 0 radical (unpaired) electrons. The second-order valence-corrected chi connectivity index (χ2v) is 6.11. The highest BCUT2D eigenvalue weighted by Gasteiger charge is 2.18. The Kier molecular flexibility index (Phi) is 5.08. The number of hydrogen-bond donors (Lipinski definition) is 0. The van der Waals surface area contributed by atoms with Crippen LogP contribution in [0, 0.1) is 5.92 Å². The van der Waals surface area contributed by atoms with Crippen LogP contribution in [0.3, 0.4) is 0 Å². The smallest absolute Gasteiger partial charge is 0.158 e. The summed E-state index contributed by atoms with van der Waals surface area (Å²) < 4.78 is 4.20. The highest BCUT2D eigenvalue weighted by molar-refractivity contribution is 6.16. The Morgan fingerprint density at radius 3 is 2.65 bits per heavy atom. The van der Waals surface area contributed by atoms with Gasteiger partial charge in [-0.3, -0.25) is 4.68 Å². The average Bonchev–Trinajstić information content (AvgIpc) is 2.89. The summed E-state index contributed by atoms with van der Waals surface area (Å²) in [5.41, 5.74) is 3.25. The van der Waals surface area contributed by atoms with Crippen molar-refractivity contribution in [3.63, 3.8) is 0 Å². The van der Waals surface area contributed by atoms with E-state index in [0.29, 0.717) is 5.88 Å². The van der Waals surface area contributed by atoms with Gasteiger partial charge < -0.3 is 4.57 Å². The van der Waals surface area contributed by atoms with Gasteiger partial charge in [-0.15, -0.1) is 11.6 Å². The zero-order valence-corrected chi connectivity index (χ0v) is 13.7. The molecule has 0 aliphatic rings. The van der Waals surface area contributed by atoms with Crippen molar-refractivity contribution in [1.82, 2.24) is 19.3 Å². The van der Waals surface area contributed by atoms with Gasteiger partial charge in [-0.25, -0.2) is 4.98 Å². The zero-order chi connectivity index (χ0) is 14.7. The number of rotatable bonds is 7. The minimum absolute atomic E-state index is 0.460. The summed E-state index contributed by atoms with van der Waals surface area (Å²) in [6.07, 6.45) is 4.44. The number of fused-ring (bicyclic) bond motifs is 1. The fourth-order valence-corrected chi connectivity index (χ4v) is 2.89. The minimum atomic E-state index is 0.460. The first-order valence-electron chi connectivity index (χ1n) is 7.55. The first kappa shape index (κ1) is 15.4.